The zero-order valence-electron chi connectivity index (χ0n) is 7.79. The third-order valence-electron chi connectivity index (χ3n) is 2.35. The van der Waals surface area contributed by atoms with Crippen LogP contribution in [-0.2, 0) is 14.4 Å². The van der Waals surface area contributed by atoms with Crippen molar-refractivity contribution < 1.29 is 14.4 Å². The second-order valence-electron chi connectivity index (χ2n) is 3.32. The van der Waals surface area contributed by atoms with Crippen LogP contribution in [0.1, 0.15) is 0 Å². The predicted octanol–water partition coefficient (Wildman–Crippen LogP) is 0.590. The third kappa shape index (κ3) is 1.38. The molecule has 0 heterocycles. The molecule has 0 radical (unpaired) electrons. The molecule has 0 aromatic heterocycles. The van der Waals surface area contributed by atoms with E-state index in [2.05, 4.69) is 0 Å². The van der Waals surface area contributed by atoms with E-state index in [1.807, 2.05) is 0 Å². The monoisotopic (exact) mass is 257 g/mol. The summed E-state index contributed by atoms with van der Waals surface area (Å²) >= 11 is 11.2. The second kappa shape index (κ2) is 3.66. The highest BCUT2D eigenvalue weighted by Crippen LogP contribution is 2.32. The fraction of sp³-hybridized carbons (Fsp3) is 0.100. The number of ketones is 3. The van der Waals surface area contributed by atoms with Gasteiger partial charge in [0.2, 0.25) is 11.6 Å². The highest BCUT2D eigenvalue weighted by Gasteiger charge is 2.38. The first-order valence-corrected chi connectivity index (χ1v) is 5.07. The first kappa shape index (κ1) is 11.3. The number of halogens is 2. The predicted molar refractivity (Wildman–Crippen MR) is 57.9 cm³/mol. The molecular formula is C10H5Cl2NO3. The lowest BCUT2D eigenvalue weighted by molar-refractivity contribution is -0.121. The number of carbonyl (C=O) groups is 3. The molecule has 0 spiro atoms. The zero-order chi connectivity index (χ0) is 12.0. The van der Waals surface area contributed by atoms with Gasteiger partial charge in [-0.1, -0.05) is 35.4 Å². The third-order valence-corrected chi connectivity index (χ3v) is 3.17. The van der Waals surface area contributed by atoms with Crippen LogP contribution in [0.5, 0.6) is 0 Å². The van der Waals surface area contributed by atoms with Gasteiger partial charge in [0.25, 0.3) is 0 Å². The summed E-state index contributed by atoms with van der Waals surface area (Å²) < 4.78 is 0. The molecule has 16 heavy (non-hydrogen) atoms. The molecule has 1 atom stereocenters. The number of carbonyl (C=O) groups excluding carboxylic acids is 3. The first-order chi connectivity index (χ1) is 7.45. The van der Waals surface area contributed by atoms with Gasteiger partial charge < -0.3 is 5.73 Å². The molecule has 6 heteroatoms. The van der Waals surface area contributed by atoms with E-state index >= 15 is 0 Å². The van der Waals surface area contributed by atoms with Crippen LogP contribution < -0.4 is 5.73 Å². The smallest absolute Gasteiger partial charge is 0.210 e. The molecule has 0 aromatic rings. The highest BCUT2D eigenvalue weighted by molar-refractivity contribution is 6.61. The van der Waals surface area contributed by atoms with Crippen molar-refractivity contribution >= 4 is 40.6 Å². The number of allylic oxidation sites excluding steroid dienone is 4. The summed E-state index contributed by atoms with van der Waals surface area (Å²) in [4.78, 5) is 35.0. The summed E-state index contributed by atoms with van der Waals surface area (Å²) in [5.41, 5.74) is 5.14. The Morgan fingerprint density at radius 2 is 1.62 bits per heavy atom. The van der Waals surface area contributed by atoms with Gasteiger partial charge in [0.05, 0.1) is 11.6 Å². The van der Waals surface area contributed by atoms with Gasteiger partial charge in [-0.15, -0.1) is 0 Å². The summed E-state index contributed by atoms with van der Waals surface area (Å²) in [6.07, 6.45) is 2.67. The van der Waals surface area contributed by atoms with Crippen LogP contribution in [0.3, 0.4) is 0 Å². The maximum atomic E-state index is 11.7. The first-order valence-electron chi connectivity index (χ1n) is 4.32. The lowest BCUT2D eigenvalue weighted by Crippen LogP contribution is -2.37. The van der Waals surface area contributed by atoms with Crippen LogP contribution >= 0.6 is 23.2 Å². The molecule has 0 bridgehead atoms. The van der Waals surface area contributed by atoms with Gasteiger partial charge in [0.1, 0.15) is 10.1 Å². The van der Waals surface area contributed by atoms with Gasteiger partial charge in [0, 0.05) is 5.57 Å². The fourth-order valence-electron chi connectivity index (χ4n) is 1.52. The minimum absolute atomic E-state index is 0.0360. The van der Waals surface area contributed by atoms with Crippen LogP contribution in [0, 0.1) is 0 Å². The van der Waals surface area contributed by atoms with Gasteiger partial charge in [-0.2, -0.15) is 0 Å². The summed E-state index contributed by atoms with van der Waals surface area (Å²) in [6.45, 7) is 0. The Labute approximate surface area is 100 Å². The van der Waals surface area contributed by atoms with Crippen molar-refractivity contribution in [3.8, 4) is 0 Å². The fourth-order valence-corrected chi connectivity index (χ4v) is 1.89. The molecular weight excluding hydrogens is 253 g/mol. The number of Topliss-reactive ketones (excluding diaryl/α,β-unsaturated/α-hetero) is 3. The van der Waals surface area contributed by atoms with Crippen molar-refractivity contribution in [2.45, 2.75) is 6.04 Å². The van der Waals surface area contributed by atoms with E-state index in [9.17, 15) is 14.4 Å². The molecule has 0 saturated carbocycles. The van der Waals surface area contributed by atoms with Crippen molar-refractivity contribution in [2.75, 3.05) is 0 Å². The summed E-state index contributed by atoms with van der Waals surface area (Å²) in [5.74, 6) is -1.98. The molecule has 0 amide bonds. The van der Waals surface area contributed by atoms with Crippen LogP contribution in [0.2, 0.25) is 0 Å². The van der Waals surface area contributed by atoms with E-state index in [4.69, 9.17) is 28.9 Å². The second-order valence-corrected chi connectivity index (χ2v) is 4.08. The summed E-state index contributed by atoms with van der Waals surface area (Å²) in [5, 5.41) is -0.792. The van der Waals surface area contributed by atoms with E-state index in [1.165, 1.54) is 12.2 Å². The van der Waals surface area contributed by atoms with Crippen molar-refractivity contribution in [3.63, 3.8) is 0 Å². The molecule has 4 nitrogen and oxygen atoms in total. The molecule has 2 N–H and O–H groups in total. The standard InChI is InChI=1S/C10H5Cl2NO3/c11-6-7(12)10(16)5-3(8(6)14)1-2-4(13)9(5)15/h1-2,4H,13H2. The summed E-state index contributed by atoms with van der Waals surface area (Å²) in [7, 11) is 0. The Morgan fingerprint density at radius 3 is 2.25 bits per heavy atom. The highest BCUT2D eigenvalue weighted by atomic mass is 35.5. The minimum Gasteiger partial charge on any atom is -0.318 e. The lowest BCUT2D eigenvalue weighted by atomic mass is 9.85. The van der Waals surface area contributed by atoms with Crippen LogP contribution in [0.4, 0.5) is 0 Å². The number of nitrogens with two attached hydrogens (primary N) is 1. The quantitative estimate of drug-likeness (QED) is 0.509. The number of rotatable bonds is 0. The molecule has 0 saturated heterocycles. The number of hydrogen-bond donors (Lipinski definition) is 1. The van der Waals surface area contributed by atoms with Crippen LogP contribution in [0.15, 0.2) is 33.4 Å². The Morgan fingerprint density at radius 1 is 1.06 bits per heavy atom. The molecule has 82 valence electrons. The van der Waals surface area contributed by atoms with Gasteiger partial charge in [-0.25, -0.2) is 0 Å². The molecule has 2 rings (SSSR count). The van der Waals surface area contributed by atoms with Gasteiger partial charge in [0.15, 0.2) is 5.78 Å². The molecule has 0 aromatic carbocycles. The molecule has 2 aliphatic rings. The Hall–Kier alpha value is -1.23. The average molecular weight is 258 g/mol. The maximum Gasteiger partial charge on any atom is 0.210 e. The molecule has 0 aliphatic heterocycles. The normalized spacial score (nSPS) is 25.4. The van der Waals surface area contributed by atoms with Crippen molar-refractivity contribution in [1.82, 2.24) is 0 Å². The van der Waals surface area contributed by atoms with Gasteiger partial charge in [-0.05, 0) is 0 Å². The van der Waals surface area contributed by atoms with E-state index in [1.54, 1.807) is 0 Å². The van der Waals surface area contributed by atoms with Gasteiger partial charge >= 0.3 is 0 Å². The van der Waals surface area contributed by atoms with Crippen LogP contribution in [0.25, 0.3) is 0 Å². The van der Waals surface area contributed by atoms with Crippen LogP contribution in [-0.4, -0.2) is 23.4 Å². The molecule has 2 aliphatic carbocycles. The largest absolute Gasteiger partial charge is 0.318 e. The van der Waals surface area contributed by atoms with E-state index in [0.717, 1.165) is 0 Å². The van der Waals surface area contributed by atoms with E-state index < -0.39 is 28.4 Å². The maximum absolute atomic E-state index is 11.7. The van der Waals surface area contributed by atoms with Crippen molar-refractivity contribution in [2.24, 2.45) is 5.73 Å². The average Bonchev–Trinajstić information content (AvgIpc) is 2.27. The van der Waals surface area contributed by atoms with Crippen molar-refractivity contribution in [3.05, 3.63) is 33.4 Å². The Bertz CT molecular complexity index is 528. The number of hydrogen-bond acceptors (Lipinski definition) is 4. The van der Waals surface area contributed by atoms with E-state index in [-0.39, 0.29) is 16.2 Å². The Kier molecular flexibility index (Phi) is 2.58. The lowest BCUT2D eigenvalue weighted by Gasteiger charge is -2.20. The van der Waals surface area contributed by atoms with Gasteiger partial charge in [-0.3, -0.25) is 14.4 Å². The zero-order valence-corrected chi connectivity index (χ0v) is 9.30. The Balaban J connectivity index is 2.64. The SMILES string of the molecule is NC1C=CC2=C(C(=O)C(Cl)=C(Cl)C2=O)C1=O. The van der Waals surface area contributed by atoms with Crippen molar-refractivity contribution in [1.29, 1.82) is 0 Å². The summed E-state index contributed by atoms with van der Waals surface area (Å²) in [6, 6.07) is -0.920. The minimum atomic E-state index is -0.920. The van der Waals surface area contributed by atoms with E-state index in [0.29, 0.717) is 0 Å². The molecule has 0 fully saturated rings. The topological polar surface area (TPSA) is 77.2 Å². The molecule has 1 unspecified atom stereocenters.